The minimum Gasteiger partial charge on any atom is -0.388 e. The van der Waals surface area contributed by atoms with Crippen molar-refractivity contribution in [1.29, 1.82) is 0 Å². The van der Waals surface area contributed by atoms with E-state index in [0.717, 1.165) is 12.8 Å². The van der Waals surface area contributed by atoms with Crippen molar-refractivity contribution in [2.24, 2.45) is 0 Å². The van der Waals surface area contributed by atoms with Crippen molar-refractivity contribution in [2.75, 3.05) is 0 Å². The normalized spacial score (nSPS) is 12.5. The van der Waals surface area contributed by atoms with Gasteiger partial charge in [-0.3, -0.25) is 0 Å². The van der Waals surface area contributed by atoms with E-state index >= 15 is 0 Å². The van der Waals surface area contributed by atoms with Gasteiger partial charge in [0.15, 0.2) is 0 Å². The molecule has 0 aliphatic rings. The van der Waals surface area contributed by atoms with Gasteiger partial charge in [-0.25, -0.2) is 4.39 Å². The molecule has 0 saturated heterocycles. The fourth-order valence-electron chi connectivity index (χ4n) is 1.39. The number of allylic oxidation sites excluding steroid dienone is 1. The molecular formula is C12H14BrFO. The lowest BCUT2D eigenvalue weighted by Gasteiger charge is -2.11. The minimum atomic E-state index is -0.734. The number of hydrogen-bond acceptors (Lipinski definition) is 1. The number of aliphatic hydroxyl groups is 1. The molecule has 0 saturated carbocycles. The Hall–Kier alpha value is -0.670. The number of aliphatic hydroxyl groups excluding tert-OH is 1. The second kappa shape index (κ2) is 6.03. The number of hydrogen-bond donors (Lipinski definition) is 1. The Morgan fingerprint density at radius 1 is 1.53 bits per heavy atom. The van der Waals surface area contributed by atoms with Crippen molar-refractivity contribution in [2.45, 2.75) is 25.4 Å². The molecule has 0 bridgehead atoms. The van der Waals surface area contributed by atoms with Gasteiger partial charge < -0.3 is 5.11 Å². The molecule has 1 nitrogen and oxygen atoms in total. The SMILES string of the molecule is C=CCCCC(O)c1cccc(Br)c1F. The van der Waals surface area contributed by atoms with Crippen LogP contribution in [0.3, 0.4) is 0 Å². The highest BCUT2D eigenvalue weighted by Gasteiger charge is 2.13. The number of rotatable bonds is 5. The van der Waals surface area contributed by atoms with E-state index in [1.54, 1.807) is 24.3 Å². The highest BCUT2D eigenvalue weighted by Crippen LogP contribution is 2.26. The smallest absolute Gasteiger partial charge is 0.143 e. The van der Waals surface area contributed by atoms with Gasteiger partial charge in [0, 0.05) is 5.56 Å². The molecule has 0 aliphatic heterocycles. The van der Waals surface area contributed by atoms with Crippen molar-refractivity contribution < 1.29 is 9.50 Å². The second-order valence-corrected chi connectivity index (χ2v) is 4.23. The summed E-state index contributed by atoms with van der Waals surface area (Å²) >= 11 is 3.09. The molecule has 0 fully saturated rings. The lowest BCUT2D eigenvalue weighted by Crippen LogP contribution is -2.01. The lowest BCUT2D eigenvalue weighted by molar-refractivity contribution is 0.160. The second-order valence-electron chi connectivity index (χ2n) is 3.38. The monoisotopic (exact) mass is 272 g/mol. The first-order valence-corrected chi connectivity index (χ1v) is 5.69. The van der Waals surface area contributed by atoms with E-state index in [-0.39, 0.29) is 5.82 Å². The molecule has 1 aromatic carbocycles. The zero-order valence-electron chi connectivity index (χ0n) is 8.42. The van der Waals surface area contributed by atoms with E-state index in [4.69, 9.17) is 0 Å². The van der Waals surface area contributed by atoms with Gasteiger partial charge in [0.05, 0.1) is 10.6 Å². The zero-order chi connectivity index (χ0) is 11.3. The van der Waals surface area contributed by atoms with Crippen molar-refractivity contribution >= 4 is 15.9 Å². The Morgan fingerprint density at radius 2 is 2.27 bits per heavy atom. The van der Waals surface area contributed by atoms with E-state index in [2.05, 4.69) is 22.5 Å². The Bertz CT molecular complexity index is 338. The summed E-state index contributed by atoms with van der Waals surface area (Å²) in [5.74, 6) is -0.372. The van der Waals surface area contributed by atoms with Crippen molar-refractivity contribution in [3.8, 4) is 0 Å². The third-order valence-corrected chi connectivity index (χ3v) is 2.84. The Kier molecular flexibility index (Phi) is 4.99. The summed E-state index contributed by atoms with van der Waals surface area (Å²) < 4.78 is 13.9. The first kappa shape index (κ1) is 12.4. The predicted octanol–water partition coefficient (Wildman–Crippen LogP) is 3.98. The Labute approximate surface area is 97.8 Å². The van der Waals surface area contributed by atoms with Crippen LogP contribution in [0, 0.1) is 5.82 Å². The molecular weight excluding hydrogens is 259 g/mol. The van der Waals surface area contributed by atoms with Gasteiger partial charge in [-0.2, -0.15) is 0 Å². The van der Waals surface area contributed by atoms with Gasteiger partial charge in [0.1, 0.15) is 5.82 Å². The van der Waals surface area contributed by atoms with Crippen LogP contribution in [0.4, 0.5) is 4.39 Å². The molecule has 1 atom stereocenters. The van der Waals surface area contributed by atoms with Crippen LogP contribution in [-0.2, 0) is 0 Å². The number of unbranched alkanes of at least 4 members (excludes halogenated alkanes) is 1. The van der Waals surface area contributed by atoms with Gasteiger partial charge in [-0.15, -0.1) is 6.58 Å². The molecule has 1 aromatic rings. The molecule has 0 heterocycles. The van der Waals surface area contributed by atoms with Crippen LogP contribution in [0.5, 0.6) is 0 Å². The quantitative estimate of drug-likeness (QED) is 0.635. The summed E-state index contributed by atoms with van der Waals surface area (Å²) in [6.45, 7) is 3.60. The van der Waals surface area contributed by atoms with Gasteiger partial charge >= 0.3 is 0 Å². The zero-order valence-corrected chi connectivity index (χ0v) is 10.0. The molecule has 0 aromatic heterocycles. The molecule has 1 N–H and O–H groups in total. The van der Waals surface area contributed by atoms with E-state index in [9.17, 15) is 9.50 Å². The van der Waals surface area contributed by atoms with Gasteiger partial charge in [0.25, 0.3) is 0 Å². The topological polar surface area (TPSA) is 20.2 Å². The van der Waals surface area contributed by atoms with Gasteiger partial charge in [0.2, 0.25) is 0 Å². The third kappa shape index (κ3) is 3.43. The Morgan fingerprint density at radius 3 is 2.93 bits per heavy atom. The van der Waals surface area contributed by atoms with Crippen LogP contribution in [0.25, 0.3) is 0 Å². The third-order valence-electron chi connectivity index (χ3n) is 2.23. The standard InChI is InChI=1S/C12H14BrFO/c1-2-3-4-8-11(15)9-6-5-7-10(13)12(9)14/h2,5-7,11,15H,1,3-4,8H2. The first-order valence-electron chi connectivity index (χ1n) is 4.89. The van der Waals surface area contributed by atoms with Crippen LogP contribution in [-0.4, -0.2) is 5.11 Å². The van der Waals surface area contributed by atoms with Crippen molar-refractivity contribution in [3.05, 3.63) is 46.7 Å². The Balaban J connectivity index is 2.68. The summed E-state index contributed by atoms with van der Waals surface area (Å²) in [5.41, 5.74) is 0.355. The van der Waals surface area contributed by atoms with E-state index in [1.807, 2.05) is 0 Å². The maximum Gasteiger partial charge on any atom is 0.143 e. The number of benzene rings is 1. The molecule has 0 spiro atoms. The number of halogens is 2. The summed E-state index contributed by atoms with van der Waals surface area (Å²) in [7, 11) is 0. The first-order chi connectivity index (χ1) is 7.16. The predicted molar refractivity (Wildman–Crippen MR) is 63.1 cm³/mol. The van der Waals surface area contributed by atoms with Crippen molar-refractivity contribution in [3.63, 3.8) is 0 Å². The highest BCUT2D eigenvalue weighted by atomic mass is 79.9. The average Bonchev–Trinajstić information content (AvgIpc) is 2.22. The summed E-state index contributed by atoms with van der Waals surface area (Å²) in [6, 6.07) is 4.95. The maximum atomic E-state index is 13.5. The van der Waals surface area contributed by atoms with E-state index in [0.29, 0.717) is 16.5 Å². The summed E-state index contributed by atoms with van der Waals surface area (Å²) in [6.07, 6.45) is 3.27. The minimum absolute atomic E-state index is 0.355. The van der Waals surface area contributed by atoms with E-state index < -0.39 is 6.10 Å². The fourth-order valence-corrected chi connectivity index (χ4v) is 1.77. The van der Waals surface area contributed by atoms with Crippen molar-refractivity contribution in [1.82, 2.24) is 0 Å². The van der Waals surface area contributed by atoms with E-state index in [1.165, 1.54) is 0 Å². The van der Waals surface area contributed by atoms with Crippen LogP contribution in [0.1, 0.15) is 30.9 Å². The summed E-state index contributed by atoms with van der Waals surface area (Å²) in [4.78, 5) is 0. The van der Waals surface area contributed by atoms with Gasteiger partial charge in [-0.05, 0) is 41.3 Å². The van der Waals surface area contributed by atoms with Crippen LogP contribution >= 0.6 is 15.9 Å². The van der Waals surface area contributed by atoms with Gasteiger partial charge in [-0.1, -0.05) is 18.2 Å². The lowest BCUT2D eigenvalue weighted by atomic mass is 10.0. The van der Waals surface area contributed by atoms with Crippen LogP contribution in [0.2, 0.25) is 0 Å². The molecule has 0 amide bonds. The molecule has 1 rings (SSSR count). The average molecular weight is 273 g/mol. The molecule has 15 heavy (non-hydrogen) atoms. The summed E-state index contributed by atoms with van der Waals surface area (Å²) in [5, 5.41) is 9.76. The molecule has 0 radical (unpaired) electrons. The highest BCUT2D eigenvalue weighted by molar-refractivity contribution is 9.10. The maximum absolute atomic E-state index is 13.5. The largest absolute Gasteiger partial charge is 0.388 e. The fraction of sp³-hybridized carbons (Fsp3) is 0.333. The molecule has 3 heteroatoms. The van der Waals surface area contributed by atoms with Crippen LogP contribution in [0.15, 0.2) is 35.3 Å². The molecule has 1 unspecified atom stereocenters. The van der Waals surface area contributed by atoms with Crippen LogP contribution < -0.4 is 0 Å². The molecule has 0 aliphatic carbocycles. The molecule has 82 valence electrons.